The summed E-state index contributed by atoms with van der Waals surface area (Å²) in [4.78, 5) is 22.8. The lowest BCUT2D eigenvalue weighted by atomic mass is 9.85. The first-order valence-electron chi connectivity index (χ1n) is 4.23. The highest BCUT2D eigenvalue weighted by Gasteiger charge is 2.54. The van der Waals surface area contributed by atoms with E-state index in [0.29, 0.717) is 0 Å². The molecule has 60 valence electrons. The molecule has 0 spiro atoms. The van der Waals surface area contributed by atoms with Gasteiger partial charge in [0.05, 0.1) is 0 Å². The number of ketones is 2. The first-order chi connectivity index (χ1) is 5.79. The highest BCUT2D eigenvalue weighted by atomic mass is 16.1. The first kappa shape index (κ1) is 6.35. The molecule has 0 aliphatic heterocycles. The molecular formula is C10H8O2. The van der Waals surface area contributed by atoms with Crippen LogP contribution in [-0.2, 0) is 9.59 Å². The lowest BCUT2D eigenvalue weighted by Crippen LogP contribution is -2.20. The molecule has 0 N–H and O–H groups in total. The zero-order chi connectivity index (χ0) is 8.29. The van der Waals surface area contributed by atoms with Gasteiger partial charge < -0.3 is 0 Å². The molecule has 1 saturated carbocycles. The maximum Gasteiger partial charge on any atom is 0.160 e. The Morgan fingerprint density at radius 3 is 2.50 bits per heavy atom. The molecule has 0 unspecified atom stereocenters. The Hall–Kier alpha value is -1.18. The standard InChI is InChI=1S/C10H8O2/c11-8-4-3-5-6-1-2-7(9(5)8)10(6)12/h1-7,9H/t5-,6-,7-,9+/m0/s1. The molecular weight excluding hydrogens is 152 g/mol. The van der Waals surface area contributed by atoms with Crippen molar-refractivity contribution in [3.05, 3.63) is 24.3 Å². The summed E-state index contributed by atoms with van der Waals surface area (Å²) in [7, 11) is 0. The van der Waals surface area contributed by atoms with E-state index in [2.05, 4.69) is 0 Å². The fraction of sp³-hybridized carbons (Fsp3) is 0.400. The van der Waals surface area contributed by atoms with Gasteiger partial charge in [0, 0.05) is 23.7 Å². The van der Waals surface area contributed by atoms with Gasteiger partial charge in [0.2, 0.25) is 0 Å². The van der Waals surface area contributed by atoms with E-state index in [1.807, 2.05) is 18.2 Å². The summed E-state index contributed by atoms with van der Waals surface area (Å²) in [5.41, 5.74) is 0. The van der Waals surface area contributed by atoms with Crippen LogP contribution in [0.15, 0.2) is 24.3 Å². The Balaban J connectivity index is 2.13. The summed E-state index contributed by atoms with van der Waals surface area (Å²) < 4.78 is 0. The summed E-state index contributed by atoms with van der Waals surface area (Å²) in [6.07, 6.45) is 7.39. The van der Waals surface area contributed by atoms with Gasteiger partial charge >= 0.3 is 0 Å². The summed E-state index contributed by atoms with van der Waals surface area (Å²) in [6.45, 7) is 0. The van der Waals surface area contributed by atoms with Crippen molar-refractivity contribution >= 4 is 11.6 Å². The molecule has 3 aliphatic rings. The number of carbonyl (C=O) groups excluding carboxylic acids is 2. The Labute approximate surface area is 70.0 Å². The van der Waals surface area contributed by atoms with Crippen LogP contribution < -0.4 is 0 Å². The van der Waals surface area contributed by atoms with Gasteiger partial charge in [-0.15, -0.1) is 0 Å². The zero-order valence-electron chi connectivity index (χ0n) is 6.44. The molecule has 0 aromatic carbocycles. The second-order valence-electron chi connectivity index (χ2n) is 3.70. The van der Waals surface area contributed by atoms with Gasteiger partial charge in [0.1, 0.15) is 5.78 Å². The normalized spacial score (nSPS) is 47.7. The molecule has 3 rings (SSSR count). The fourth-order valence-corrected chi connectivity index (χ4v) is 2.65. The zero-order valence-corrected chi connectivity index (χ0v) is 6.44. The number of hydrogen-bond acceptors (Lipinski definition) is 2. The van der Waals surface area contributed by atoms with Gasteiger partial charge in [0.15, 0.2) is 5.78 Å². The van der Waals surface area contributed by atoms with Crippen molar-refractivity contribution < 1.29 is 9.59 Å². The molecule has 0 aromatic heterocycles. The van der Waals surface area contributed by atoms with Crippen LogP contribution in [0.1, 0.15) is 0 Å². The molecule has 2 bridgehead atoms. The van der Waals surface area contributed by atoms with E-state index in [9.17, 15) is 9.59 Å². The third-order valence-corrected chi connectivity index (χ3v) is 3.21. The number of fused-ring (bicyclic) bond motifs is 5. The van der Waals surface area contributed by atoms with Crippen LogP contribution in [0.5, 0.6) is 0 Å². The molecule has 0 amide bonds. The molecule has 2 heteroatoms. The summed E-state index contributed by atoms with van der Waals surface area (Å²) in [6, 6.07) is 0. The van der Waals surface area contributed by atoms with Gasteiger partial charge in [-0.1, -0.05) is 18.2 Å². The maximum atomic E-state index is 11.5. The number of rotatable bonds is 0. The molecule has 2 nitrogen and oxygen atoms in total. The highest BCUT2D eigenvalue weighted by Crippen LogP contribution is 2.48. The number of carbonyl (C=O) groups is 2. The predicted octanol–water partition coefficient (Wildman–Crippen LogP) is 0.743. The van der Waals surface area contributed by atoms with Crippen molar-refractivity contribution in [2.75, 3.05) is 0 Å². The smallest absolute Gasteiger partial charge is 0.160 e. The van der Waals surface area contributed by atoms with Gasteiger partial charge in [-0.2, -0.15) is 0 Å². The van der Waals surface area contributed by atoms with Crippen molar-refractivity contribution in [2.45, 2.75) is 0 Å². The molecule has 4 atom stereocenters. The molecule has 0 aromatic rings. The van der Waals surface area contributed by atoms with Crippen molar-refractivity contribution in [1.82, 2.24) is 0 Å². The van der Waals surface area contributed by atoms with Crippen LogP contribution in [0.2, 0.25) is 0 Å². The molecule has 0 saturated heterocycles. The van der Waals surface area contributed by atoms with Crippen LogP contribution in [0, 0.1) is 23.7 Å². The van der Waals surface area contributed by atoms with E-state index < -0.39 is 0 Å². The van der Waals surface area contributed by atoms with Gasteiger partial charge in [0.25, 0.3) is 0 Å². The van der Waals surface area contributed by atoms with E-state index >= 15 is 0 Å². The van der Waals surface area contributed by atoms with Crippen molar-refractivity contribution in [1.29, 1.82) is 0 Å². The summed E-state index contributed by atoms with van der Waals surface area (Å²) in [5.74, 6) is 0.477. The van der Waals surface area contributed by atoms with E-state index in [4.69, 9.17) is 0 Å². The predicted molar refractivity (Wildman–Crippen MR) is 42.3 cm³/mol. The topological polar surface area (TPSA) is 34.1 Å². The second-order valence-corrected chi connectivity index (χ2v) is 3.70. The van der Waals surface area contributed by atoms with E-state index in [0.717, 1.165) is 0 Å². The van der Waals surface area contributed by atoms with E-state index in [1.165, 1.54) is 0 Å². The Kier molecular flexibility index (Phi) is 0.932. The minimum Gasteiger partial charge on any atom is -0.298 e. The van der Waals surface area contributed by atoms with Crippen LogP contribution in [0.4, 0.5) is 0 Å². The largest absolute Gasteiger partial charge is 0.298 e. The van der Waals surface area contributed by atoms with Crippen molar-refractivity contribution in [2.24, 2.45) is 23.7 Å². The minimum atomic E-state index is -0.0949. The number of Topliss-reactive ketones (excluding diaryl/α,β-unsaturated/α-hetero) is 1. The average Bonchev–Trinajstić information content (AvgIpc) is 2.66. The molecule has 1 fully saturated rings. The molecule has 0 radical (unpaired) electrons. The monoisotopic (exact) mass is 160 g/mol. The summed E-state index contributed by atoms with van der Waals surface area (Å²) in [5, 5.41) is 0. The molecule has 3 aliphatic carbocycles. The minimum absolute atomic E-state index is 0.0164. The summed E-state index contributed by atoms with van der Waals surface area (Å²) >= 11 is 0. The van der Waals surface area contributed by atoms with Crippen LogP contribution >= 0.6 is 0 Å². The Morgan fingerprint density at radius 2 is 1.75 bits per heavy atom. The quantitative estimate of drug-likeness (QED) is 0.490. The van der Waals surface area contributed by atoms with Crippen LogP contribution in [-0.4, -0.2) is 11.6 Å². The maximum absolute atomic E-state index is 11.5. The van der Waals surface area contributed by atoms with Crippen LogP contribution in [0.25, 0.3) is 0 Å². The number of allylic oxidation sites excluding steroid dienone is 4. The molecule has 0 heterocycles. The van der Waals surface area contributed by atoms with E-state index in [1.54, 1.807) is 6.08 Å². The third kappa shape index (κ3) is 0.501. The average molecular weight is 160 g/mol. The Morgan fingerprint density at radius 1 is 1.00 bits per heavy atom. The van der Waals surface area contributed by atoms with E-state index in [-0.39, 0.29) is 35.2 Å². The highest BCUT2D eigenvalue weighted by molar-refractivity contribution is 6.05. The first-order valence-corrected chi connectivity index (χ1v) is 4.23. The number of hydrogen-bond donors (Lipinski definition) is 0. The van der Waals surface area contributed by atoms with Gasteiger partial charge in [-0.25, -0.2) is 0 Å². The lowest BCUT2D eigenvalue weighted by Gasteiger charge is -2.15. The van der Waals surface area contributed by atoms with Gasteiger partial charge in [-0.05, 0) is 6.08 Å². The second kappa shape index (κ2) is 1.76. The van der Waals surface area contributed by atoms with Crippen molar-refractivity contribution in [3.8, 4) is 0 Å². The van der Waals surface area contributed by atoms with Crippen LogP contribution in [0.3, 0.4) is 0 Å². The lowest BCUT2D eigenvalue weighted by molar-refractivity contribution is -0.124. The Bertz CT molecular complexity index is 338. The fourth-order valence-electron chi connectivity index (χ4n) is 2.65. The molecule has 12 heavy (non-hydrogen) atoms. The van der Waals surface area contributed by atoms with Crippen molar-refractivity contribution in [3.63, 3.8) is 0 Å². The SMILES string of the molecule is O=C1C=C[C@@H]2[C@@H]1[C@@H]1C=C[C@@H]2C1=O. The van der Waals surface area contributed by atoms with Gasteiger partial charge in [-0.3, -0.25) is 9.59 Å². The third-order valence-electron chi connectivity index (χ3n) is 3.21.